The molecule has 0 radical (unpaired) electrons. The molecule has 5 amide bonds. The summed E-state index contributed by atoms with van der Waals surface area (Å²) in [5, 5.41) is 5.50. The molecule has 15 nitrogen and oxygen atoms in total. The van der Waals surface area contributed by atoms with E-state index in [0.717, 1.165) is 28.3 Å². The lowest BCUT2D eigenvalue weighted by Gasteiger charge is -2.30. The lowest BCUT2D eigenvalue weighted by molar-refractivity contribution is -0.141. The highest BCUT2D eigenvalue weighted by Crippen LogP contribution is 2.46. The molecule has 0 spiro atoms. The first-order chi connectivity index (χ1) is 24.4. The number of ether oxygens (including phenoxy) is 2. The molecule has 1 aromatic carbocycles. The van der Waals surface area contributed by atoms with E-state index in [1.54, 1.807) is 39.5 Å². The Morgan fingerprint density at radius 3 is 2.37 bits per heavy atom. The van der Waals surface area contributed by atoms with Crippen molar-refractivity contribution in [3.63, 3.8) is 0 Å². The lowest BCUT2D eigenvalue weighted by atomic mass is 10.0. The minimum absolute atomic E-state index is 0.0736. The Morgan fingerprint density at radius 2 is 1.73 bits per heavy atom. The average Bonchev–Trinajstić information content (AvgIpc) is 3.36. The van der Waals surface area contributed by atoms with E-state index in [4.69, 9.17) is 9.47 Å². The van der Waals surface area contributed by atoms with Crippen LogP contribution in [0.2, 0.25) is 0 Å². The zero-order chi connectivity index (χ0) is 38.0. The van der Waals surface area contributed by atoms with Crippen LogP contribution in [-0.4, -0.2) is 101 Å². The van der Waals surface area contributed by atoms with Crippen molar-refractivity contribution in [2.75, 3.05) is 13.6 Å². The standard InChI is InChI=1S/C36H52N6O9S/c1-23(2)40(6)52(48,49)39-32(45)36-19-26(36)16-10-8-7-9-11-17-28(37-33(46)51-35(3,4)5)31(44)42-22-27(18-29(42)30(43)38-36)50-34(47)41-20-24-14-12-13-15-25(24)21-41/h10,12-16,23,26-29H,7-9,11,17-22H2,1-6H3,(H,37,46)(H,38,43)(H,39,45)/t26-,27-,28+,29+,36-/m1/s1. The lowest BCUT2D eigenvalue weighted by Crippen LogP contribution is -2.59. The summed E-state index contributed by atoms with van der Waals surface area (Å²) in [6, 6.07) is 4.99. The number of alkyl carbamates (subject to hydrolysis) is 1. The largest absolute Gasteiger partial charge is 0.444 e. The van der Waals surface area contributed by atoms with Crippen LogP contribution in [0.5, 0.6) is 0 Å². The molecule has 3 aliphatic heterocycles. The van der Waals surface area contributed by atoms with E-state index < -0.39 is 81.4 Å². The Bertz CT molecular complexity index is 1670. The number of fused-ring (bicyclic) bond motifs is 3. The van der Waals surface area contributed by atoms with Crippen LogP contribution in [0.15, 0.2) is 36.4 Å². The number of allylic oxidation sites excluding steroid dienone is 1. The number of nitrogens with one attached hydrogen (secondary N) is 3. The van der Waals surface area contributed by atoms with Crippen molar-refractivity contribution in [3.8, 4) is 0 Å². The van der Waals surface area contributed by atoms with Crippen LogP contribution in [0.3, 0.4) is 0 Å². The van der Waals surface area contributed by atoms with Gasteiger partial charge in [0.25, 0.3) is 5.91 Å². The first-order valence-electron chi connectivity index (χ1n) is 18.0. The van der Waals surface area contributed by atoms with Gasteiger partial charge in [0.05, 0.1) is 6.54 Å². The highest BCUT2D eigenvalue weighted by molar-refractivity contribution is 7.87. The molecule has 2 fully saturated rings. The third-order valence-electron chi connectivity index (χ3n) is 10.0. The number of hydrogen-bond acceptors (Lipinski definition) is 9. The highest BCUT2D eigenvalue weighted by Gasteiger charge is 2.62. The number of rotatable bonds is 6. The number of carbonyl (C=O) groups is 5. The fourth-order valence-corrected chi connectivity index (χ4v) is 7.97. The maximum Gasteiger partial charge on any atom is 0.410 e. The van der Waals surface area contributed by atoms with Crippen LogP contribution in [0, 0.1) is 5.92 Å². The smallest absolute Gasteiger partial charge is 0.410 e. The molecule has 0 aromatic heterocycles. The van der Waals surface area contributed by atoms with E-state index in [-0.39, 0.29) is 25.8 Å². The van der Waals surface area contributed by atoms with Gasteiger partial charge >= 0.3 is 22.4 Å². The normalized spacial score (nSPS) is 26.8. The topological polar surface area (TPSA) is 184 Å². The van der Waals surface area contributed by atoms with Crippen LogP contribution < -0.4 is 15.4 Å². The van der Waals surface area contributed by atoms with Gasteiger partial charge in [-0.2, -0.15) is 12.7 Å². The van der Waals surface area contributed by atoms with E-state index >= 15 is 0 Å². The third kappa shape index (κ3) is 9.06. The second-order valence-electron chi connectivity index (χ2n) is 15.5. The summed E-state index contributed by atoms with van der Waals surface area (Å²) in [6.45, 7) is 9.04. The number of benzene rings is 1. The van der Waals surface area contributed by atoms with Gasteiger partial charge in [-0.05, 0) is 71.4 Å². The quantitative estimate of drug-likeness (QED) is 0.369. The maximum absolute atomic E-state index is 14.3. The molecule has 4 aliphatic rings. The van der Waals surface area contributed by atoms with E-state index in [9.17, 15) is 32.4 Å². The number of carbonyl (C=O) groups excluding carboxylic acids is 5. The van der Waals surface area contributed by atoms with Gasteiger partial charge in [0.15, 0.2) is 0 Å². The van der Waals surface area contributed by atoms with Crippen molar-refractivity contribution in [3.05, 3.63) is 47.5 Å². The van der Waals surface area contributed by atoms with E-state index in [1.807, 2.05) is 36.4 Å². The molecule has 52 heavy (non-hydrogen) atoms. The first kappa shape index (κ1) is 39.0. The zero-order valence-electron chi connectivity index (χ0n) is 30.8. The fourth-order valence-electron chi connectivity index (χ4n) is 6.85. The van der Waals surface area contributed by atoms with Gasteiger partial charge in [-0.15, -0.1) is 0 Å². The Kier molecular flexibility index (Phi) is 11.6. The van der Waals surface area contributed by atoms with Crippen LogP contribution in [0.25, 0.3) is 0 Å². The van der Waals surface area contributed by atoms with Crippen LogP contribution in [0.1, 0.15) is 90.7 Å². The number of amides is 5. The average molecular weight is 745 g/mol. The minimum atomic E-state index is -4.23. The Hall–Kier alpha value is -4.18. The minimum Gasteiger partial charge on any atom is -0.444 e. The van der Waals surface area contributed by atoms with E-state index in [0.29, 0.717) is 25.9 Å². The third-order valence-corrected chi connectivity index (χ3v) is 11.7. The van der Waals surface area contributed by atoms with Crippen molar-refractivity contribution in [1.82, 2.24) is 29.5 Å². The molecule has 5 atom stereocenters. The zero-order valence-corrected chi connectivity index (χ0v) is 31.7. The molecule has 5 rings (SSSR count). The summed E-state index contributed by atoms with van der Waals surface area (Å²) in [5.74, 6) is -2.63. The van der Waals surface area contributed by atoms with Gasteiger partial charge in [0.2, 0.25) is 11.8 Å². The van der Waals surface area contributed by atoms with Gasteiger partial charge in [0.1, 0.15) is 29.3 Å². The predicted molar refractivity (Wildman–Crippen MR) is 190 cm³/mol. The predicted octanol–water partition coefficient (Wildman–Crippen LogP) is 3.10. The fraction of sp³-hybridized carbons (Fsp3) is 0.639. The van der Waals surface area contributed by atoms with Gasteiger partial charge in [-0.1, -0.05) is 49.3 Å². The summed E-state index contributed by atoms with van der Waals surface area (Å²) in [4.78, 5) is 71.4. The molecule has 0 unspecified atom stereocenters. The van der Waals surface area contributed by atoms with Gasteiger partial charge in [-0.3, -0.25) is 19.3 Å². The summed E-state index contributed by atoms with van der Waals surface area (Å²) in [6.07, 6.45) is 4.59. The molecule has 1 saturated heterocycles. The molecule has 0 bridgehead atoms. The molecule has 16 heteroatoms. The SMILES string of the molecule is CC(C)N(C)S(=O)(=O)NC(=O)[C@@]12C[C@H]1C=CCCCCC[C@H](NC(=O)OC(C)(C)C)C(=O)N1C[C@H](OC(=O)N3Cc4ccccc4C3)C[C@H]1C(=O)N2. The monoisotopic (exact) mass is 744 g/mol. The Morgan fingerprint density at radius 1 is 1.06 bits per heavy atom. The molecule has 3 heterocycles. The summed E-state index contributed by atoms with van der Waals surface area (Å²) in [5.41, 5.74) is -0.404. The van der Waals surface area contributed by atoms with Gasteiger partial charge in [-0.25, -0.2) is 14.3 Å². The second kappa shape index (κ2) is 15.4. The van der Waals surface area contributed by atoms with E-state index in [2.05, 4.69) is 15.4 Å². The molecule has 1 aliphatic carbocycles. The highest BCUT2D eigenvalue weighted by atomic mass is 32.2. The Labute approximate surface area is 306 Å². The van der Waals surface area contributed by atoms with Crippen LogP contribution >= 0.6 is 0 Å². The molecule has 1 saturated carbocycles. The first-order valence-corrected chi connectivity index (χ1v) is 19.5. The molecule has 3 N–H and O–H groups in total. The number of nitrogens with zero attached hydrogens (tertiary/aromatic N) is 3. The molecule has 286 valence electrons. The number of hydrogen-bond donors (Lipinski definition) is 3. The van der Waals surface area contributed by atoms with Gasteiger partial charge < -0.3 is 25.0 Å². The molecular formula is C36H52N6O9S. The second-order valence-corrected chi connectivity index (χ2v) is 17.2. The van der Waals surface area contributed by atoms with Gasteiger partial charge in [0, 0.05) is 38.5 Å². The van der Waals surface area contributed by atoms with Crippen molar-refractivity contribution >= 4 is 40.1 Å². The molecular weight excluding hydrogens is 692 g/mol. The van der Waals surface area contributed by atoms with Crippen molar-refractivity contribution in [1.29, 1.82) is 0 Å². The van der Waals surface area contributed by atoms with E-state index in [1.165, 1.54) is 11.9 Å². The van der Waals surface area contributed by atoms with Crippen LogP contribution in [-0.2, 0) is 47.2 Å². The van der Waals surface area contributed by atoms with Crippen LogP contribution in [0.4, 0.5) is 9.59 Å². The van der Waals surface area contributed by atoms with Crippen molar-refractivity contribution in [2.24, 2.45) is 5.92 Å². The summed E-state index contributed by atoms with van der Waals surface area (Å²) >= 11 is 0. The summed E-state index contributed by atoms with van der Waals surface area (Å²) < 4.78 is 40.6. The summed E-state index contributed by atoms with van der Waals surface area (Å²) in [7, 11) is -2.88. The van der Waals surface area contributed by atoms with Crippen molar-refractivity contribution < 1.29 is 41.9 Å². The Balaban J connectivity index is 1.41. The molecule has 1 aromatic rings. The van der Waals surface area contributed by atoms with Crippen molar-refractivity contribution in [2.45, 2.75) is 128 Å². The maximum atomic E-state index is 14.3.